The summed E-state index contributed by atoms with van der Waals surface area (Å²) in [6, 6.07) is 6.02. The number of nitrogens with zero attached hydrogens (tertiary/aromatic N) is 2. The number of pyridine rings is 1. The minimum absolute atomic E-state index is 0.127. The van der Waals surface area contributed by atoms with Gasteiger partial charge in [0.05, 0.1) is 12.8 Å². The molecule has 0 spiro atoms. The number of nitrogens with one attached hydrogen (secondary N) is 2. The maximum Gasteiger partial charge on any atom is 0.287 e. The van der Waals surface area contributed by atoms with E-state index in [2.05, 4.69) is 15.6 Å². The van der Waals surface area contributed by atoms with Gasteiger partial charge < -0.3 is 20.0 Å². The normalized spacial score (nSPS) is 15.0. The molecular formula is C24H32N4O4. The Kier molecular flexibility index (Phi) is 8.83. The largest absolute Gasteiger partial charge is 0.459 e. The number of unbranched alkanes of at least 4 members (excludes halogenated alkanes) is 1. The highest BCUT2D eigenvalue weighted by atomic mass is 16.3. The highest BCUT2D eigenvalue weighted by Gasteiger charge is 2.32. The van der Waals surface area contributed by atoms with Crippen LogP contribution in [0.15, 0.2) is 47.3 Å². The van der Waals surface area contributed by atoms with Gasteiger partial charge in [-0.1, -0.05) is 32.6 Å². The van der Waals surface area contributed by atoms with Gasteiger partial charge in [-0.05, 0) is 49.1 Å². The van der Waals surface area contributed by atoms with Crippen molar-refractivity contribution in [2.45, 2.75) is 64.0 Å². The van der Waals surface area contributed by atoms with Crippen molar-refractivity contribution in [1.82, 2.24) is 20.5 Å². The molecule has 0 radical (unpaired) electrons. The monoisotopic (exact) mass is 440 g/mol. The molecule has 2 N–H and O–H groups in total. The van der Waals surface area contributed by atoms with E-state index in [0.29, 0.717) is 12.1 Å². The molecule has 1 fully saturated rings. The number of hydrogen-bond donors (Lipinski definition) is 2. The Morgan fingerprint density at radius 2 is 1.91 bits per heavy atom. The second-order valence-electron chi connectivity index (χ2n) is 8.13. The van der Waals surface area contributed by atoms with Crippen LogP contribution in [0.2, 0.25) is 0 Å². The van der Waals surface area contributed by atoms with Crippen molar-refractivity contribution in [3.05, 3.63) is 54.2 Å². The first kappa shape index (κ1) is 23.5. The van der Waals surface area contributed by atoms with Gasteiger partial charge in [-0.25, -0.2) is 0 Å². The Morgan fingerprint density at radius 1 is 1.16 bits per heavy atom. The minimum atomic E-state index is -0.778. The summed E-state index contributed by atoms with van der Waals surface area (Å²) in [5.41, 5.74) is 0.704. The molecule has 0 bridgehead atoms. The summed E-state index contributed by atoms with van der Waals surface area (Å²) in [6.45, 7) is 2.23. The molecule has 1 saturated carbocycles. The fourth-order valence-corrected chi connectivity index (χ4v) is 4.02. The number of hydrogen-bond acceptors (Lipinski definition) is 5. The number of rotatable bonds is 10. The summed E-state index contributed by atoms with van der Waals surface area (Å²) in [5, 5.41) is 5.76. The maximum atomic E-state index is 13.4. The summed E-state index contributed by atoms with van der Waals surface area (Å²) >= 11 is 0. The smallest absolute Gasteiger partial charge is 0.287 e. The zero-order valence-corrected chi connectivity index (χ0v) is 18.6. The van der Waals surface area contributed by atoms with E-state index in [1.807, 2.05) is 6.92 Å². The molecule has 0 aliphatic heterocycles. The number of carbonyl (C=O) groups excluding carboxylic acids is 3. The Balaban J connectivity index is 1.78. The number of amides is 3. The standard InChI is InChI=1S/C24H32N4O4/c1-2-3-15-28(21(29)17-26-23(30)20-10-7-16-32-20)22(18-11-13-25-14-12-18)24(31)27-19-8-5-4-6-9-19/h7,10-14,16,19,22H,2-6,8-9,15,17H2,1H3,(H,26,30)(H,27,31)/t22-/m1/s1. The Labute approximate surface area is 188 Å². The van der Waals surface area contributed by atoms with Gasteiger partial charge in [-0.15, -0.1) is 0 Å². The molecule has 0 aromatic carbocycles. The third kappa shape index (κ3) is 6.42. The molecule has 2 aromatic rings. The molecule has 0 unspecified atom stereocenters. The minimum Gasteiger partial charge on any atom is -0.459 e. The van der Waals surface area contributed by atoms with E-state index in [0.717, 1.165) is 38.5 Å². The van der Waals surface area contributed by atoms with Gasteiger partial charge in [-0.3, -0.25) is 19.4 Å². The highest BCUT2D eigenvalue weighted by Crippen LogP contribution is 2.24. The van der Waals surface area contributed by atoms with Gasteiger partial charge in [0.15, 0.2) is 5.76 Å². The lowest BCUT2D eigenvalue weighted by Gasteiger charge is -2.33. The Bertz CT molecular complexity index is 863. The maximum absolute atomic E-state index is 13.4. The molecule has 3 rings (SSSR count). The molecule has 172 valence electrons. The van der Waals surface area contributed by atoms with Gasteiger partial charge in [-0.2, -0.15) is 0 Å². The molecule has 1 atom stereocenters. The molecule has 0 saturated heterocycles. The van der Waals surface area contributed by atoms with E-state index in [-0.39, 0.29) is 30.2 Å². The van der Waals surface area contributed by atoms with E-state index in [4.69, 9.17) is 4.42 Å². The molecule has 2 heterocycles. The topological polar surface area (TPSA) is 105 Å². The predicted molar refractivity (Wildman–Crippen MR) is 120 cm³/mol. The fraction of sp³-hybridized carbons (Fsp3) is 0.500. The van der Waals surface area contributed by atoms with Crippen LogP contribution in [0.1, 0.15) is 74.0 Å². The van der Waals surface area contributed by atoms with Crippen molar-refractivity contribution in [3.8, 4) is 0 Å². The van der Waals surface area contributed by atoms with Gasteiger partial charge >= 0.3 is 0 Å². The van der Waals surface area contributed by atoms with E-state index >= 15 is 0 Å². The molecule has 3 amide bonds. The van der Waals surface area contributed by atoms with Crippen LogP contribution in [0.5, 0.6) is 0 Å². The molecular weight excluding hydrogens is 408 g/mol. The fourth-order valence-electron chi connectivity index (χ4n) is 4.02. The summed E-state index contributed by atoms with van der Waals surface area (Å²) in [6.07, 6.45) is 11.6. The lowest BCUT2D eigenvalue weighted by molar-refractivity contribution is -0.140. The van der Waals surface area contributed by atoms with Crippen molar-refractivity contribution in [3.63, 3.8) is 0 Å². The molecule has 8 heteroatoms. The first-order valence-corrected chi connectivity index (χ1v) is 11.4. The first-order chi connectivity index (χ1) is 15.6. The highest BCUT2D eigenvalue weighted by molar-refractivity contribution is 5.95. The second kappa shape index (κ2) is 12.0. The van der Waals surface area contributed by atoms with Crippen LogP contribution in [0.3, 0.4) is 0 Å². The first-order valence-electron chi connectivity index (χ1n) is 11.4. The van der Waals surface area contributed by atoms with Crippen LogP contribution in [0, 0.1) is 0 Å². The summed E-state index contributed by atoms with van der Waals surface area (Å²) in [7, 11) is 0. The molecule has 2 aromatic heterocycles. The Morgan fingerprint density at radius 3 is 2.56 bits per heavy atom. The average molecular weight is 441 g/mol. The Hall–Kier alpha value is -3.16. The average Bonchev–Trinajstić information content (AvgIpc) is 3.36. The van der Waals surface area contributed by atoms with Crippen molar-refractivity contribution in [2.24, 2.45) is 0 Å². The van der Waals surface area contributed by atoms with E-state index < -0.39 is 11.9 Å². The predicted octanol–water partition coefficient (Wildman–Crippen LogP) is 3.22. The second-order valence-corrected chi connectivity index (χ2v) is 8.13. The summed E-state index contributed by atoms with van der Waals surface area (Å²) in [5.74, 6) is -0.839. The quantitative estimate of drug-likeness (QED) is 0.590. The lowest BCUT2D eigenvalue weighted by atomic mass is 9.94. The van der Waals surface area contributed by atoms with Crippen LogP contribution in [-0.4, -0.2) is 46.7 Å². The van der Waals surface area contributed by atoms with Crippen LogP contribution >= 0.6 is 0 Å². The zero-order chi connectivity index (χ0) is 22.8. The van der Waals surface area contributed by atoms with Crippen molar-refractivity contribution >= 4 is 17.7 Å². The molecule has 1 aliphatic rings. The van der Waals surface area contributed by atoms with Crippen molar-refractivity contribution in [1.29, 1.82) is 0 Å². The van der Waals surface area contributed by atoms with Gasteiger partial charge in [0.25, 0.3) is 5.91 Å². The van der Waals surface area contributed by atoms with E-state index in [1.54, 1.807) is 35.5 Å². The molecule has 1 aliphatic carbocycles. The van der Waals surface area contributed by atoms with Crippen LogP contribution in [0.25, 0.3) is 0 Å². The third-order valence-corrected chi connectivity index (χ3v) is 5.75. The van der Waals surface area contributed by atoms with E-state index in [9.17, 15) is 14.4 Å². The van der Waals surface area contributed by atoms with Gasteiger partial charge in [0.2, 0.25) is 11.8 Å². The van der Waals surface area contributed by atoms with Crippen molar-refractivity contribution < 1.29 is 18.8 Å². The van der Waals surface area contributed by atoms with Crippen molar-refractivity contribution in [2.75, 3.05) is 13.1 Å². The number of carbonyl (C=O) groups is 3. The summed E-state index contributed by atoms with van der Waals surface area (Å²) in [4.78, 5) is 44.5. The molecule has 8 nitrogen and oxygen atoms in total. The SMILES string of the molecule is CCCCN(C(=O)CNC(=O)c1ccco1)[C@@H](C(=O)NC1CCCCC1)c1ccncc1. The van der Waals surface area contributed by atoms with Crippen LogP contribution < -0.4 is 10.6 Å². The number of aromatic nitrogens is 1. The van der Waals surface area contributed by atoms with E-state index in [1.165, 1.54) is 18.8 Å². The third-order valence-electron chi connectivity index (χ3n) is 5.75. The molecule has 32 heavy (non-hydrogen) atoms. The zero-order valence-electron chi connectivity index (χ0n) is 18.6. The number of furan rings is 1. The summed E-state index contributed by atoms with van der Waals surface area (Å²) < 4.78 is 5.08. The van der Waals surface area contributed by atoms with Gasteiger partial charge in [0.1, 0.15) is 6.04 Å². The van der Waals surface area contributed by atoms with Crippen LogP contribution in [-0.2, 0) is 9.59 Å². The van der Waals surface area contributed by atoms with Crippen LogP contribution in [0.4, 0.5) is 0 Å². The lowest BCUT2D eigenvalue weighted by Crippen LogP contribution is -2.49. The van der Waals surface area contributed by atoms with Gasteiger partial charge in [0, 0.05) is 25.0 Å².